The fraction of sp³-hybridized carbons (Fsp3) is 0.263. The lowest BCUT2D eigenvalue weighted by atomic mass is 10.2. The van der Waals surface area contributed by atoms with Crippen molar-refractivity contribution in [3.8, 4) is 22.1 Å². The van der Waals surface area contributed by atoms with Crippen LogP contribution >= 0.6 is 11.3 Å². The number of fused-ring (bicyclic) bond motifs is 1. The highest BCUT2D eigenvalue weighted by molar-refractivity contribution is 7.18. The first-order valence-corrected chi connectivity index (χ1v) is 9.71. The second kappa shape index (κ2) is 7.92. The lowest BCUT2D eigenvalue weighted by molar-refractivity contribution is -0.117. The number of anilines is 1. The van der Waals surface area contributed by atoms with Gasteiger partial charge in [-0.3, -0.25) is 14.9 Å². The summed E-state index contributed by atoms with van der Waals surface area (Å²) in [5.41, 5.74) is 0.809. The van der Waals surface area contributed by atoms with E-state index in [2.05, 4.69) is 15.5 Å². The van der Waals surface area contributed by atoms with Gasteiger partial charge in [-0.1, -0.05) is 11.3 Å². The summed E-state index contributed by atoms with van der Waals surface area (Å²) >= 11 is 1.23. The molecule has 9 nitrogen and oxygen atoms in total. The third-order valence-electron chi connectivity index (χ3n) is 4.22. The molecule has 150 valence electrons. The van der Waals surface area contributed by atoms with E-state index in [1.54, 1.807) is 18.2 Å². The van der Waals surface area contributed by atoms with Gasteiger partial charge < -0.3 is 18.8 Å². The maximum absolute atomic E-state index is 12.5. The number of hydrogen-bond donors (Lipinski definition) is 1. The predicted octanol–water partition coefficient (Wildman–Crippen LogP) is 3.02. The quantitative estimate of drug-likeness (QED) is 0.661. The molecule has 0 saturated carbocycles. The molecule has 3 heterocycles. The van der Waals surface area contributed by atoms with Gasteiger partial charge in [0.2, 0.25) is 17.8 Å². The smallest absolute Gasteiger partial charge is 0.290 e. The number of nitrogens with zero attached hydrogens (tertiary/aromatic N) is 3. The van der Waals surface area contributed by atoms with Gasteiger partial charge in [0.25, 0.3) is 5.91 Å². The van der Waals surface area contributed by atoms with Crippen molar-refractivity contribution < 1.29 is 23.5 Å². The molecule has 2 aromatic heterocycles. The number of ether oxygens (including phenoxy) is 2. The Morgan fingerprint density at radius 3 is 2.79 bits per heavy atom. The number of benzene rings is 1. The van der Waals surface area contributed by atoms with Crippen molar-refractivity contribution in [1.82, 2.24) is 15.1 Å². The van der Waals surface area contributed by atoms with E-state index in [0.29, 0.717) is 21.6 Å². The molecule has 0 bridgehead atoms. The minimum Gasteiger partial charge on any atom is -0.459 e. The first-order chi connectivity index (χ1) is 14.0. The van der Waals surface area contributed by atoms with Gasteiger partial charge >= 0.3 is 0 Å². The van der Waals surface area contributed by atoms with Crippen molar-refractivity contribution in [3.63, 3.8) is 0 Å². The molecule has 0 aliphatic carbocycles. The highest BCUT2D eigenvalue weighted by Crippen LogP contribution is 2.37. The summed E-state index contributed by atoms with van der Waals surface area (Å²) in [7, 11) is 0. The molecule has 10 heteroatoms. The van der Waals surface area contributed by atoms with E-state index in [1.165, 1.54) is 22.5 Å². The van der Waals surface area contributed by atoms with Crippen molar-refractivity contribution in [2.24, 2.45) is 0 Å². The zero-order valence-electron chi connectivity index (χ0n) is 15.7. The average Bonchev–Trinajstić information content (AvgIpc) is 3.45. The van der Waals surface area contributed by atoms with Crippen LogP contribution in [0.4, 0.5) is 5.13 Å². The number of aromatic nitrogens is 2. The van der Waals surface area contributed by atoms with Crippen LogP contribution in [0.5, 0.6) is 11.5 Å². The van der Waals surface area contributed by atoms with Gasteiger partial charge in [0.15, 0.2) is 17.3 Å². The van der Waals surface area contributed by atoms with Crippen molar-refractivity contribution >= 4 is 28.3 Å². The molecule has 2 amide bonds. The summed E-state index contributed by atoms with van der Waals surface area (Å²) in [5, 5.41) is 11.8. The van der Waals surface area contributed by atoms with Gasteiger partial charge in [0, 0.05) is 11.6 Å². The van der Waals surface area contributed by atoms with E-state index in [9.17, 15) is 9.59 Å². The Bertz CT molecular complexity index is 1030. The van der Waals surface area contributed by atoms with E-state index in [4.69, 9.17) is 13.9 Å². The zero-order chi connectivity index (χ0) is 20.4. The fourth-order valence-electron chi connectivity index (χ4n) is 2.76. The van der Waals surface area contributed by atoms with Crippen LogP contribution in [0.1, 0.15) is 24.4 Å². The maximum Gasteiger partial charge on any atom is 0.290 e. The van der Waals surface area contributed by atoms with E-state index >= 15 is 0 Å². The van der Waals surface area contributed by atoms with E-state index in [1.807, 2.05) is 26.0 Å². The molecule has 1 aromatic carbocycles. The second-order valence-electron chi connectivity index (χ2n) is 6.53. The van der Waals surface area contributed by atoms with Crippen LogP contribution in [-0.2, 0) is 4.79 Å². The molecule has 0 fully saturated rings. The van der Waals surface area contributed by atoms with Gasteiger partial charge in [-0.2, -0.15) is 0 Å². The van der Waals surface area contributed by atoms with Crippen LogP contribution in [0.25, 0.3) is 10.6 Å². The van der Waals surface area contributed by atoms with E-state index in [0.717, 1.165) is 5.56 Å². The zero-order valence-corrected chi connectivity index (χ0v) is 16.6. The minimum absolute atomic E-state index is 0.129. The van der Waals surface area contributed by atoms with Gasteiger partial charge in [0.1, 0.15) is 11.6 Å². The molecule has 29 heavy (non-hydrogen) atoms. The standard InChI is InChI=1S/C19H18N4O5S/c1-11(2)23(18(25)14-4-3-7-26-14)9-16(24)20-19-22-21-17(29-19)12-5-6-13-15(8-12)28-10-27-13/h3-8,11H,9-10H2,1-2H3,(H,20,22,24). The Morgan fingerprint density at radius 1 is 1.21 bits per heavy atom. The molecule has 0 saturated heterocycles. The van der Waals surface area contributed by atoms with Crippen molar-refractivity contribution in [2.75, 3.05) is 18.7 Å². The van der Waals surface area contributed by atoms with E-state index in [-0.39, 0.29) is 37.0 Å². The summed E-state index contributed by atoms with van der Waals surface area (Å²) in [6, 6.07) is 8.48. The average molecular weight is 414 g/mol. The van der Waals surface area contributed by atoms with Crippen LogP contribution in [0.3, 0.4) is 0 Å². The first kappa shape index (κ1) is 18.9. The van der Waals surface area contributed by atoms with Crippen molar-refractivity contribution in [3.05, 3.63) is 42.4 Å². The number of rotatable bonds is 6. The number of carbonyl (C=O) groups excluding carboxylic acids is 2. The monoisotopic (exact) mass is 414 g/mol. The lowest BCUT2D eigenvalue weighted by Crippen LogP contribution is -2.42. The summed E-state index contributed by atoms with van der Waals surface area (Å²) in [5.74, 6) is 0.798. The first-order valence-electron chi connectivity index (χ1n) is 8.89. The summed E-state index contributed by atoms with van der Waals surface area (Å²) in [4.78, 5) is 26.4. The molecule has 1 N–H and O–H groups in total. The summed E-state index contributed by atoms with van der Waals surface area (Å²) < 4.78 is 15.8. The SMILES string of the molecule is CC(C)N(CC(=O)Nc1nnc(-c2ccc3c(c2)OCO3)s1)C(=O)c1ccco1. The van der Waals surface area contributed by atoms with Crippen molar-refractivity contribution in [2.45, 2.75) is 19.9 Å². The van der Waals surface area contributed by atoms with Crippen LogP contribution in [0.2, 0.25) is 0 Å². The van der Waals surface area contributed by atoms with Gasteiger partial charge in [-0.15, -0.1) is 10.2 Å². The number of hydrogen-bond acceptors (Lipinski definition) is 8. The summed E-state index contributed by atoms with van der Waals surface area (Å²) in [6.07, 6.45) is 1.42. The molecule has 1 aliphatic heterocycles. The molecule has 4 rings (SSSR count). The molecule has 1 aliphatic rings. The normalized spacial score (nSPS) is 12.2. The molecule has 0 atom stereocenters. The predicted molar refractivity (Wildman–Crippen MR) is 105 cm³/mol. The number of nitrogens with one attached hydrogen (secondary N) is 1. The number of carbonyl (C=O) groups is 2. The molecular weight excluding hydrogens is 396 g/mol. The van der Waals surface area contributed by atoms with E-state index < -0.39 is 0 Å². The van der Waals surface area contributed by atoms with Crippen LogP contribution in [-0.4, -0.2) is 46.3 Å². The molecule has 3 aromatic rings. The topological polar surface area (TPSA) is 107 Å². The largest absolute Gasteiger partial charge is 0.459 e. The Morgan fingerprint density at radius 2 is 2.03 bits per heavy atom. The van der Waals surface area contributed by atoms with Gasteiger partial charge in [-0.25, -0.2) is 0 Å². The second-order valence-corrected chi connectivity index (χ2v) is 7.51. The fourth-order valence-corrected chi connectivity index (χ4v) is 3.52. The Hall–Kier alpha value is -3.40. The number of amides is 2. The Kier molecular flexibility index (Phi) is 5.17. The Labute approximate surface area is 170 Å². The van der Waals surface area contributed by atoms with Crippen LogP contribution in [0, 0.1) is 0 Å². The lowest BCUT2D eigenvalue weighted by Gasteiger charge is -2.24. The third kappa shape index (κ3) is 4.06. The molecular formula is C19H18N4O5S. The Balaban J connectivity index is 1.43. The molecule has 0 unspecified atom stereocenters. The third-order valence-corrected chi connectivity index (χ3v) is 5.11. The van der Waals surface area contributed by atoms with Crippen molar-refractivity contribution in [1.29, 1.82) is 0 Å². The van der Waals surface area contributed by atoms with Gasteiger partial charge in [0.05, 0.1) is 6.26 Å². The van der Waals surface area contributed by atoms with Gasteiger partial charge in [-0.05, 0) is 44.2 Å². The highest BCUT2D eigenvalue weighted by Gasteiger charge is 2.24. The van der Waals surface area contributed by atoms with Crippen LogP contribution < -0.4 is 14.8 Å². The van der Waals surface area contributed by atoms with Crippen LogP contribution in [0.15, 0.2) is 41.0 Å². The minimum atomic E-state index is -0.369. The highest BCUT2D eigenvalue weighted by atomic mass is 32.1. The maximum atomic E-state index is 12.5. The molecule has 0 spiro atoms. The summed E-state index contributed by atoms with van der Waals surface area (Å²) in [6.45, 7) is 3.73. The molecule has 0 radical (unpaired) electrons. The number of furan rings is 1.